The first-order valence-corrected chi connectivity index (χ1v) is 5.17. The molecule has 0 spiro atoms. The third-order valence-corrected chi connectivity index (χ3v) is 2.79. The Kier molecular flexibility index (Phi) is 2.55. The van der Waals surface area contributed by atoms with Crippen molar-refractivity contribution in [3.63, 3.8) is 0 Å². The fourth-order valence-electron chi connectivity index (χ4n) is 1.73. The van der Waals surface area contributed by atoms with E-state index >= 15 is 0 Å². The maximum absolute atomic E-state index is 9.57. The lowest BCUT2D eigenvalue weighted by Crippen LogP contribution is -2.01. The van der Waals surface area contributed by atoms with Crippen molar-refractivity contribution in [3.05, 3.63) is 24.3 Å². The molecule has 0 aliphatic heterocycles. The normalized spacial score (nSPS) is 10.4. The number of para-hydroxylation sites is 1. The van der Waals surface area contributed by atoms with E-state index in [1.54, 1.807) is 18.2 Å². The van der Waals surface area contributed by atoms with Gasteiger partial charge in [-0.05, 0) is 12.1 Å². The van der Waals surface area contributed by atoms with E-state index in [4.69, 9.17) is 22.9 Å². The summed E-state index contributed by atoms with van der Waals surface area (Å²) in [5.74, 6) is -0.808. The van der Waals surface area contributed by atoms with Gasteiger partial charge < -0.3 is 33.1 Å². The molecule has 18 heavy (non-hydrogen) atoms. The largest absolute Gasteiger partial charge is 0.504 e. The van der Waals surface area contributed by atoms with Crippen molar-refractivity contribution in [1.82, 2.24) is 0 Å². The van der Waals surface area contributed by atoms with Crippen molar-refractivity contribution in [1.29, 1.82) is 0 Å². The molecule has 94 valence electrons. The van der Waals surface area contributed by atoms with E-state index < -0.39 is 5.75 Å². The quantitative estimate of drug-likeness (QED) is 0.252. The Morgan fingerprint density at radius 1 is 0.778 bits per heavy atom. The molecule has 0 saturated carbocycles. The first-order valence-electron chi connectivity index (χ1n) is 5.17. The highest BCUT2D eigenvalue weighted by Crippen LogP contribution is 2.44. The molecule has 0 fully saturated rings. The summed E-state index contributed by atoms with van der Waals surface area (Å²) in [6.07, 6.45) is 0. The highest BCUT2D eigenvalue weighted by Gasteiger charge is 2.16. The van der Waals surface area contributed by atoms with Crippen LogP contribution in [0.25, 0.3) is 11.1 Å². The van der Waals surface area contributed by atoms with Gasteiger partial charge in [0.2, 0.25) is 0 Å². The molecular weight excluding hydrogens is 232 g/mol. The zero-order valence-corrected chi connectivity index (χ0v) is 9.51. The zero-order chi connectivity index (χ0) is 13.4. The Balaban J connectivity index is 2.76. The van der Waals surface area contributed by atoms with Gasteiger partial charge in [-0.3, -0.25) is 0 Å². The second kappa shape index (κ2) is 3.92. The first-order chi connectivity index (χ1) is 8.43. The Morgan fingerprint density at radius 2 is 1.44 bits per heavy atom. The van der Waals surface area contributed by atoms with Gasteiger partial charge in [-0.2, -0.15) is 0 Å². The number of rotatable bonds is 1. The molecule has 2 rings (SSSR count). The summed E-state index contributed by atoms with van der Waals surface area (Å²) in [7, 11) is 0. The predicted molar refractivity (Wildman–Crippen MR) is 72.9 cm³/mol. The van der Waals surface area contributed by atoms with Gasteiger partial charge in [0.15, 0.2) is 11.5 Å². The number of phenols is 2. The van der Waals surface area contributed by atoms with Crippen molar-refractivity contribution in [2.45, 2.75) is 0 Å². The maximum atomic E-state index is 9.57. The van der Waals surface area contributed by atoms with Crippen LogP contribution in [-0.4, -0.2) is 10.2 Å². The van der Waals surface area contributed by atoms with Crippen LogP contribution >= 0.6 is 0 Å². The van der Waals surface area contributed by atoms with Crippen LogP contribution in [0, 0.1) is 0 Å². The lowest BCUT2D eigenvalue weighted by molar-refractivity contribution is 0.406. The van der Waals surface area contributed by atoms with E-state index in [2.05, 4.69) is 0 Å². The van der Waals surface area contributed by atoms with E-state index in [-0.39, 0.29) is 17.1 Å². The molecule has 0 radical (unpaired) electrons. The summed E-state index contributed by atoms with van der Waals surface area (Å²) in [6.45, 7) is 0. The van der Waals surface area contributed by atoms with E-state index in [0.717, 1.165) is 0 Å². The number of hydrogen-bond acceptors (Lipinski definition) is 6. The van der Waals surface area contributed by atoms with Crippen LogP contribution in [-0.2, 0) is 0 Å². The number of hydrogen-bond donors (Lipinski definition) is 6. The predicted octanol–water partition coefficient (Wildman–Crippen LogP) is 1.09. The summed E-state index contributed by atoms with van der Waals surface area (Å²) >= 11 is 0. The van der Waals surface area contributed by atoms with Gasteiger partial charge in [0.1, 0.15) is 5.69 Å². The van der Waals surface area contributed by atoms with Gasteiger partial charge in [0.25, 0.3) is 0 Å². The third-order valence-electron chi connectivity index (χ3n) is 2.79. The molecule has 6 heteroatoms. The maximum Gasteiger partial charge on any atom is 0.183 e. The average Bonchev–Trinajstić information content (AvgIpc) is 2.35. The minimum absolute atomic E-state index is 0.0909. The summed E-state index contributed by atoms with van der Waals surface area (Å²) < 4.78 is 0. The van der Waals surface area contributed by atoms with Gasteiger partial charge in [0, 0.05) is 11.1 Å². The van der Waals surface area contributed by atoms with Crippen LogP contribution in [0.3, 0.4) is 0 Å². The second-order valence-corrected chi connectivity index (χ2v) is 3.93. The molecule has 0 aliphatic carbocycles. The van der Waals surface area contributed by atoms with Crippen LogP contribution in [0.15, 0.2) is 24.3 Å². The topological polar surface area (TPSA) is 145 Å². The Labute approximate surface area is 103 Å². The number of phenolic OH excluding ortho intramolecular Hbond substituents is 2. The van der Waals surface area contributed by atoms with Gasteiger partial charge in [-0.15, -0.1) is 0 Å². The lowest BCUT2D eigenvalue weighted by Gasteiger charge is -2.14. The van der Waals surface area contributed by atoms with Gasteiger partial charge >= 0.3 is 0 Å². The zero-order valence-electron chi connectivity index (χ0n) is 9.51. The monoisotopic (exact) mass is 246 g/mol. The minimum atomic E-state index is -0.446. The Hall–Kier alpha value is -2.76. The SMILES string of the molecule is Nc1cccc(-c2cc(O)c(O)c(N)c2N)c1N. The van der Waals surface area contributed by atoms with Crippen LogP contribution in [0.2, 0.25) is 0 Å². The van der Waals surface area contributed by atoms with Gasteiger partial charge in [-0.1, -0.05) is 12.1 Å². The fraction of sp³-hybridized carbons (Fsp3) is 0. The third kappa shape index (κ3) is 1.60. The molecule has 0 atom stereocenters. The van der Waals surface area contributed by atoms with Crippen molar-refractivity contribution >= 4 is 22.7 Å². The molecule has 0 amide bonds. The standard InChI is InChI=1S/C12H14N4O2/c13-7-3-1-2-5(9(7)14)6-4-8(17)12(18)11(16)10(6)15/h1-4,17-18H,13-16H2. The summed E-state index contributed by atoms with van der Waals surface area (Å²) in [5.41, 5.74) is 24.7. The summed E-state index contributed by atoms with van der Waals surface area (Å²) in [6, 6.07) is 6.36. The molecule has 0 heterocycles. The summed E-state index contributed by atoms with van der Waals surface area (Å²) in [4.78, 5) is 0. The fourth-order valence-corrected chi connectivity index (χ4v) is 1.73. The van der Waals surface area contributed by atoms with Gasteiger partial charge in [0.05, 0.1) is 17.1 Å². The smallest absolute Gasteiger partial charge is 0.183 e. The van der Waals surface area contributed by atoms with E-state index in [9.17, 15) is 10.2 Å². The van der Waals surface area contributed by atoms with Crippen LogP contribution in [0.4, 0.5) is 22.7 Å². The molecule has 0 aromatic heterocycles. The lowest BCUT2D eigenvalue weighted by atomic mass is 9.99. The number of benzene rings is 2. The number of nitrogens with two attached hydrogens (primary N) is 4. The summed E-state index contributed by atoms with van der Waals surface area (Å²) in [5, 5.41) is 19.0. The molecule has 2 aromatic rings. The van der Waals surface area contributed by atoms with Crippen molar-refractivity contribution in [2.75, 3.05) is 22.9 Å². The van der Waals surface area contributed by atoms with Crippen LogP contribution < -0.4 is 22.9 Å². The van der Waals surface area contributed by atoms with E-state index in [0.29, 0.717) is 22.5 Å². The molecule has 6 nitrogen and oxygen atoms in total. The Bertz CT molecular complexity index is 626. The molecule has 0 aliphatic rings. The number of nitrogen functional groups attached to an aromatic ring is 4. The molecule has 2 aromatic carbocycles. The highest BCUT2D eigenvalue weighted by atomic mass is 16.3. The minimum Gasteiger partial charge on any atom is -0.504 e. The van der Waals surface area contributed by atoms with Crippen molar-refractivity contribution < 1.29 is 10.2 Å². The molecule has 0 bridgehead atoms. The average molecular weight is 246 g/mol. The first kappa shape index (κ1) is 11.7. The second-order valence-electron chi connectivity index (χ2n) is 3.93. The van der Waals surface area contributed by atoms with E-state index in [1.165, 1.54) is 6.07 Å². The van der Waals surface area contributed by atoms with Crippen molar-refractivity contribution in [2.24, 2.45) is 0 Å². The number of aromatic hydroxyl groups is 2. The van der Waals surface area contributed by atoms with E-state index in [1.807, 2.05) is 0 Å². The highest BCUT2D eigenvalue weighted by molar-refractivity contribution is 5.95. The molecule has 0 saturated heterocycles. The Morgan fingerprint density at radius 3 is 2.11 bits per heavy atom. The van der Waals surface area contributed by atoms with Crippen molar-refractivity contribution in [3.8, 4) is 22.6 Å². The van der Waals surface area contributed by atoms with Gasteiger partial charge in [-0.25, -0.2) is 0 Å². The molecule has 0 unspecified atom stereocenters. The molecule has 10 N–H and O–H groups in total. The van der Waals surface area contributed by atoms with Crippen LogP contribution in [0.5, 0.6) is 11.5 Å². The molecular formula is C12H14N4O2. The number of anilines is 4. The van der Waals surface area contributed by atoms with Crippen LogP contribution in [0.1, 0.15) is 0 Å².